The predicted octanol–water partition coefficient (Wildman–Crippen LogP) is 3.83. The van der Waals surface area contributed by atoms with E-state index in [2.05, 4.69) is 46.0 Å². The van der Waals surface area contributed by atoms with Crippen molar-refractivity contribution < 1.29 is 8.42 Å². The van der Waals surface area contributed by atoms with Gasteiger partial charge in [0.1, 0.15) is 0 Å². The Labute approximate surface area is 158 Å². The Balaban J connectivity index is 1.78. The Morgan fingerprint density at radius 1 is 1.04 bits per heavy atom. The summed E-state index contributed by atoms with van der Waals surface area (Å²) < 4.78 is 28.7. The molecule has 0 N–H and O–H groups in total. The normalized spacial score (nSPS) is 16.2. The number of rotatable bonds is 4. The first-order chi connectivity index (χ1) is 11.9. The molecule has 6 heteroatoms. The van der Waals surface area contributed by atoms with Crippen molar-refractivity contribution >= 4 is 31.6 Å². The molecule has 0 saturated carbocycles. The second kappa shape index (κ2) is 7.48. The van der Waals surface area contributed by atoms with Crippen molar-refractivity contribution in [3.8, 4) is 0 Å². The maximum absolute atomic E-state index is 13.1. The van der Waals surface area contributed by atoms with Crippen LogP contribution in [0.5, 0.6) is 0 Å². The molecule has 1 aliphatic rings. The first kappa shape index (κ1) is 18.4. The lowest BCUT2D eigenvalue weighted by molar-refractivity contribution is 0.384. The number of benzene rings is 2. The molecule has 1 saturated heterocycles. The van der Waals surface area contributed by atoms with Gasteiger partial charge in [-0.15, -0.1) is 0 Å². The highest BCUT2D eigenvalue weighted by Crippen LogP contribution is 2.26. The third-order valence-electron chi connectivity index (χ3n) is 4.63. The molecule has 1 heterocycles. The first-order valence-electron chi connectivity index (χ1n) is 8.52. The van der Waals surface area contributed by atoms with Crippen LogP contribution in [-0.2, 0) is 16.4 Å². The molecule has 0 spiro atoms. The second-order valence-electron chi connectivity index (χ2n) is 6.34. The third kappa shape index (κ3) is 3.91. The highest BCUT2D eigenvalue weighted by Gasteiger charge is 2.30. The summed E-state index contributed by atoms with van der Waals surface area (Å²) in [4.78, 5) is 2.68. The average molecular weight is 423 g/mol. The van der Waals surface area contributed by atoms with Crippen molar-refractivity contribution in [2.75, 3.05) is 31.1 Å². The standard InChI is InChI=1S/C19H23BrN2O2S/c1-3-16-14-17(20)7-8-19(16)25(23,24)22-11-9-21(10-12-22)18-6-4-5-15(2)13-18/h4-8,13-14H,3,9-12H2,1-2H3. The molecule has 0 atom stereocenters. The number of anilines is 1. The van der Waals surface area contributed by atoms with E-state index in [0.29, 0.717) is 37.5 Å². The van der Waals surface area contributed by atoms with E-state index in [1.807, 2.05) is 19.1 Å². The number of halogens is 1. The van der Waals surface area contributed by atoms with Gasteiger partial charge in [-0.25, -0.2) is 8.42 Å². The van der Waals surface area contributed by atoms with Crippen LogP contribution in [0.15, 0.2) is 51.8 Å². The van der Waals surface area contributed by atoms with Gasteiger partial charge in [-0.05, 0) is 54.8 Å². The van der Waals surface area contributed by atoms with Crippen LogP contribution in [0.3, 0.4) is 0 Å². The Hall–Kier alpha value is -1.37. The quantitative estimate of drug-likeness (QED) is 0.751. The second-order valence-corrected chi connectivity index (χ2v) is 9.16. The minimum atomic E-state index is -3.45. The zero-order valence-corrected chi connectivity index (χ0v) is 17.0. The van der Waals surface area contributed by atoms with Crippen LogP contribution >= 0.6 is 15.9 Å². The van der Waals surface area contributed by atoms with Gasteiger partial charge in [0.05, 0.1) is 4.90 Å². The SMILES string of the molecule is CCc1cc(Br)ccc1S(=O)(=O)N1CCN(c2cccc(C)c2)CC1. The molecule has 0 bridgehead atoms. The van der Waals surface area contributed by atoms with Crippen LogP contribution in [0.25, 0.3) is 0 Å². The van der Waals surface area contributed by atoms with E-state index in [9.17, 15) is 8.42 Å². The summed E-state index contributed by atoms with van der Waals surface area (Å²) in [5, 5.41) is 0. The maximum atomic E-state index is 13.1. The Morgan fingerprint density at radius 3 is 2.40 bits per heavy atom. The first-order valence-corrected chi connectivity index (χ1v) is 10.8. The van der Waals surface area contributed by atoms with Crippen molar-refractivity contribution in [3.63, 3.8) is 0 Å². The fourth-order valence-corrected chi connectivity index (χ4v) is 5.33. The molecule has 25 heavy (non-hydrogen) atoms. The van der Waals surface area contributed by atoms with Crippen molar-refractivity contribution in [3.05, 3.63) is 58.1 Å². The average Bonchev–Trinajstić information content (AvgIpc) is 2.61. The minimum absolute atomic E-state index is 0.433. The fraction of sp³-hybridized carbons (Fsp3) is 0.368. The Morgan fingerprint density at radius 2 is 1.76 bits per heavy atom. The van der Waals surface area contributed by atoms with Crippen LogP contribution in [0.1, 0.15) is 18.1 Å². The van der Waals surface area contributed by atoms with E-state index in [0.717, 1.165) is 15.7 Å². The number of nitrogens with zero attached hydrogens (tertiary/aromatic N) is 2. The molecule has 0 radical (unpaired) electrons. The van der Waals surface area contributed by atoms with Crippen LogP contribution in [0, 0.1) is 6.92 Å². The van der Waals surface area contributed by atoms with Crippen LogP contribution < -0.4 is 4.90 Å². The van der Waals surface area contributed by atoms with Gasteiger partial charge < -0.3 is 4.90 Å². The highest BCUT2D eigenvalue weighted by atomic mass is 79.9. The molecule has 1 fully saturated rings. The summed E-state index contributed by atoms with van der Waals surface area (Å²) in [6, 6.07) is 13.8. The number of piperazine rings is 1. The van der Waals surface area contributed by atoms with Crippen LogP contribution in [0.4, 0.5) is 5.69 Å². The molecule has 134 valence electrons. The topological polar surface area (TPSA) is 40.6 Å². The van der Waals surface area contributed by atoms with Gasteiger partial charge >= 0.3 is 0 Å². The minimum Gasteiger partial charge on any atom is -0.369 e. The Kier molecular flexibility index (Phi) is 5.51. The lowest BCUT2D eigenvalue weighted by atomic mass is 10.2. The summed E-state index contributed by atoms with van der Waals surface area (Å²) in [5.41, 5.74) is 3.24. The molecular weight excluding hydrogens is 400 g/mol. The van der Waals surface area contributed by atoms with Gasteiger partial charge in [0, 0.05) is 36.3 Å². The van der Waals surface area contributed by atoms with Gasteiger partial charge in [0.25, 0.3) is 0 Å². The molecule has 0 amide bonds. The van der Waals surface area contributed by atoms with Gasteiger partial charge in [-0.3, -0.25) is 0 Å². The molecule has 1 aliphatic heterocycles. The number of hydrogen-bond donors (Lipinski definition) is 0. The summed E-state index contributed by atoms with van der Waals surface area (Å²) in [5.74, 6) is 0. The summed E-state index contributed by atoms with van der Waals surface area (Å²) >= 11 is 3.42. The molecule has 3 rings (SSSR count). The number of hydrogen-bond acceptors (Lipinski definition) is 3. The molecule has 4 nitrogen and oxygen atoms in total. The summed E-state index contributed by atoms with van der Waals surface area (Å²) in [6.45, 7) is 6.49. The van der Waals surface area contributed by atoms with Gasteiger partial charge in [0.15, 0.2) is 0 Å². The molecule has 2 aromatic rings. The van der Waals surface area contributed by atoms with Gasteiger partial charge in [0.2, 0.25) is 10.0 Å². The van der Waals surface area contributed by atoms with Crippen molar-refractivity contribution in [1.82, 2.24) is 4.31 Å². The van der Waals surface area contributed by atoms with Crippen molar-refractivity contribution in [2.45, 2.75) is 25.2 Å². The molecular formula is C19H23BrN2O2S. The third-order valence-corrected chi connectivity index (χ3v) is 7.12. The zero-order valence-electron chi connectivity index (χ0n) is 14.6. The van der Waals surface area contributed by atoms with Crippen LogP contribution in [0.2, 0.25) is 0 Å². The molecule has 0 aliphatic carbocycles. The monoisotopic (exact) mass is 422 g/mol. The smallest absolute Gasteiger partial charge is 0.243 e. The van der Waals surface area contributed by atoms with Gasteiger partial charge in [-0.1, -0.05) is 35.0 Å². The van der Waals surface area contributed by atoms with E-state index in [4.69, 9.17) is 0 Å². The largest absolute Gasteiger partial charge is 0.369 e. The van der Waals surface area contributed by atoms with Crippen molar-refractivity contribution in [2.24, 2.45) is 0 Å². The van der Waals surface area contributed by atoms with Gasteiger partial charge in [-0.2, -0.15) is 4.31 Å². The number of aryl methyl sites for hydroxylation is 2. The van der Waals surface area contributed by atoms with E-state index in [1.54, 1.807) is 16.4 Å². The van der Waals surface area contributed by atoms with Crippen molar-refractivity contribution in [1.29, 1.82) is 0 Å². The van der Waals surface area contributed by atoms with Crippen LogP contribution in [-0.4, -0.2) is 38.9 Å². The van der Waals surface area contributed by atoms with E-state index < -0.39 is 10.0 Å². The molecule has 2 aromatic carbocycles. The van der Waals surface area contributed by atoms with E-state index in [-0.39, 0.29) is 0 Å². The Bertz CT molecular complexity index is 859. The lowest BCUT2D eigenvalue weighted by Crippen LogP contribution is -2.48. The summed E-state index contributed by atoms with van der Waals surface area (Å²) in [6.07, 6.45) is 0.692. The lowest BCUT2D eigenvalue weighted by Gasteiger charge is -2.35. The van der Waals surface area contributed by atoms with E-state index >= 15 is 0 Å². The zero-order chi connectivity index (χ0) is 18.0. The molecule has 0 unspecified atom stereocenters. The number of sulfonamides is 1. The maximum Gasteiger partial charge on any atom is 0.243 e. The van der Waals surface area contributed by atoms with E-state index in [1.165, 1.54) is 5.56 Å². The highest BCUT2D eigenvalue weighted by molar-refractivity contribution is 9.10. The fourth-order valence-electron chi connectivity index (χ4n) is 3.23. The molecule has 0 aromatic heterocycles. The predicted molar refractivity (Wildman–Crippen MR) is 106 cm³/mol. The summed E-state index contributed by atoms with van der Waals surface area (Å²) in [7, 11) is -3.45.